The molecule has 2 aromatic carbocycles. The van der Waals surface area contributed by atoms with Crippen molar-refractivity contribution in [2.75, 3.05) is 18.1 Å². The smallest absolute Gasteiger partial charge is 0.257 e. The van der Waals surface area contributed by atoms with E-state index in [9.17, 15) is 4.79 Å². The second-order valence-electron chi connectivity index (χ2n) is 6.35. The maximum absolute atomic E-state index is 12.5. The van der Waals surface area contributed by atoms with Gasteiger partial charge in [-0.1, -0.05) is 30.2 Å². The van der Waals surface area contributed by atoms with E-state index in [0.717, 1.165) is 23.5 Å². The third kappa shape index (κ3) is 5.00. The number of hydrogen-bond donors (Lipinski definition) is 2. The van der Waals surface area contributed by atoms with E-state index >= 15 is 0 Å². The van der Waals surface area contributed by atoms with Crippen LogP contribution in [0.1, 0.15) is 35.2 Å². The van der Waals surface area contributed by atoms with E-state index in [1.165, 1.54) is 24.8 Å². The van der Waals surface area contributed by atoms with Crippen LogP contribution >= 0.6 is 23.4 Å². The van der Waals surface area contributed by atoms with Crippen LogP contribution in [0.15, 0.2) is 47.4 Å². The Morgan fingerprint density at radius 3 is 2.72 bits per heavy atom. The summed E-state index contributed by atoms with van der Waals surface area (Å²) in [5.41, 5.74) is 2.58. The Bertz CT molecular complexity index is 727. The van der Waals surface area contributed by atoms with Crippen LogP contribution < -0.4 is 10.6 Å². The van der Waals surface area contributed by atoms with Gasteiger partial charge in [0.15, 0.2) is 0 Å². The van der Waals surface area contributed by atoms with Gasteiger partial charge in [-0.3, -0.25) is 4.79 Å². The molecule has 1 aliphatic rings. The van der Waals surface area contributed by atoms with Crippen LogP contribution in [0.3, 0.4) is 0 Å². The summed E-state index contributed by atoms with van der Waals surface area (Å²) in [5.74, 6) is -0.178. The summed E-state index contributed by atoms with van der Waals surface area (Å²) in [7, 11) is 0. The molecule has 132 valence electrons. The van der Waals surface area contributed by atoms with E-state index in [1.807, 2.05) is 30.5 Å². The molecule has 0 bridgehead atoms. The summed E-state index contributed by atoms with van der Waals surface area (Å²) in [5, 5.41) is 6.97. The number of anilines is 1. The Morgan fingerprint density at radius 1 is 1.24 bits per heavy atom. The lowest BCUT2D eigenvalue weighted by Gasteiger charge is -2.23. The van der Waals surface area contributed by atoms with Gasteiger partial charge >= 0.3 is 0 Å². The molecule has 1 saturated heterocycles. The van der Waals surface area contributed by atoms with Crippen LogP contribution in [0.5, 0.6) is 0 Å². The van der Waals surface area contributed by atoms with Crippen molar-refractivity contribution in [1.29, 1.82) is 0 Å². The van der Waals surface area contributed by atoms with E-state index in [-0.39, 0.29) is 5.91 Å². The topological polar surface area (TPSA) is 41.1 Å². The van der Waals surface area contributed by atoms with Crippen LogP contribution in [-0.4, -0.2) is 24.7 Å². The Morgan fingerprint density at radius 2 is 2.04 bits per heavy atom. The van der Waals surface area contributed by atoms with Crippen molar-refractivity contribution < 1.29 is 4.79 Å². The Hall–Kier alpha value is -1.49. The first-order valence-electron chi connectivity index (χ1n) is 8.63. The van der Waals surface area contributed by atoms with E-state index < -0.39 is 0 Å². The second kappa shape index (κ2) is 8.75. The quantitative estimate of drug-likeness (QED) is 0.723. The van der Waals surface area contributed by atoms with Crippen LogP contribution in [0.2, 0.25) is 5.02 Å². The van der Waals surface area contributed by atoms with Crippen molar-refractivity contribution in [2.24, 2.45) is 0 Å². The summed E-state index contributed by atoms with van der Waals surface area (Å²) in [6.07, 6.45) is 6.84. The van der Waals surface area contributed by atoms with Crippen molar-refractivity contribution in [2.45, 2.75) is 36.6 Å². The molecular weight excluding hydrogens is 352 g/mol. The number of thioether (sulfide) groups is 1. The fraction of sp³-hybridized carbons (Fsp3) is 0.350. The fourth-order valence-corrected chi connectivity index (χ4v) is 3.75. The SMILES string of the molecule is CSc1ccc(Cl)c(C(=O)Nc2ccc(CC3CCCCN3)cc2)c1. The summed E-state index contributed by atoms with van der Waals surface area (Å²) >= 11 is 7.76. The molecule has 2 aromatic rings. The van der Waals surface area contributed by atoms with Crippen molar-refractivity contribution >= 4 is 35.0 Å². The molecule has 0 radical (unpaired) electrons. The lowest BCUT2D eigenvalue weighted by atomic mass is 9.98. The van der Waals surface area contributed by atoms with Crippen molar-refractivity contribution in [3.63, 3.8) is 0 Å². The average molecular weight is 375 g/mol. The maximum Gasteiger partial charge on any atom is 0.257 e. The number of hydrogen-bond acceptors (Lipinski definition) is 3. The molecule has 3 nitrogen and oxygen atoms in total. The molecule has 0 saturated carbocycles. The molecule has 1 fully saturated rings. The van der Waals surface area contributed by atoms with Crippen molar-refractivity contribution in [3.05, 3.63) is 58.6 Å². The Balaban J connectivity index is 1.63. The van der Waals surface area contributed by atoms with E-state index in [1.54, 1.807) is 17.8 Å². The highest BCUT2D eigenvalue weighted by atomic mass is 35.5. The minimum atomic E-state index is -0.178. The minimum absolute atomic E-state index is 0.178. The number of carbonyl (C=O) groups is 1. The van der Waals surface area contributed by atoms with E-state index in [4.69, 9.17) is 11.6 Å². The van der Waals surface area contributed by atoms with Crippen LogP contribution in [0, 0.1) is 0 Å². The number of nitrogens with one attached hydrogen (secondary N) is 2. The molecule has 0 spiro atoms. The zero-order valence-electron chi connectivity index (χ0n) is 14.3. The van der Waals surface area contributed by atoms with Gasteiger partial charge < -0.3 is 10.6 Å². The van der Waals surface area contributed by atoms with Gasteiger partial charge in [-0.15, -0.1) is 11.8 Å². The highest BCUT2D eigenvalue weighted by Crippen LogP contribution is 2.24. The predicted molar refractivity (Wildman–Crippen MR) is 107 cm³/mol. The Labute approximate surface area is 158 Å². The first kappa shape index (κ1) is 18.3. The molecule has 1 amide bonds. The van der Waals surface area contributed by atoms with Crippen LogP contribution in [-0.2, 0) is 6.42 Å². The number of halogens is 1. The van der Waals surface area contributed by atoms with Crippen molar-refractivity contribution in [3.8, 4) is 0 Å². The molecule has 0 aliphatic carbocycles. The number of carbonyl (C=O) groups excluding carboxylic acids is 1. The van der Waals surface area contributed by atoms with Gasteiger partial charge in [0, 0.05) is 16.6 Å². The van der Waals surface area contributed by atoms with Crippen molar-refractivity contribution in [1.82, 2.24) is 5.32 Å². The summed E-state index contributed by atoms with van der Waals surface area (Å²) < 4.78 is 0. The summed E-state index contributed by atoms with van der Waals surface area (Å²) in [6.45, 7) is 1.12. The van der Waals surface area contributed by atoms with Gasteiger partial charge in [0.25, 0.3) is 5.91 Å². The van der Waals surface area contributed by atoms with Gasteiger partial charge in [-0.2, -0.15) is 0 Å². The zero-order chi connectivity index (χ0) is 17.6. The lowest BCUT2D eigenvalue weighted by Crippen LogP contribution is -2.35. The molecule has 2 N–H and O–H groups in total. The number of amides is 1. The number of rotatable bonds is 5. The normalized spacial score (nSPS) is 17.3. The molecule has 1 heterocycles. The second-order valence-corrected chi connectivity index (χ2v) is 7.63. The van der Waals surface area contributed by atoms with Gasteiger partial charge in [0.05, 0.1) is 10.6 Å². The molecule has 1 unspecified atom stereocenters. The highest BCUT2D eigenvalue weighted by molar-refractivity contribution is 7.98. The highest BCUT2D eigenvalue weighted by Gasteiger charge is 2.14. The van der Waals surface area contributed by atoms with Gasteiger partial charge in [-0.05, 0) is 68.0 Å². The molecule has 5 heteroatoms. The van der Waals surface area contributed by atoms with Gasteiger partial charge in [-0.25, -0.2) is 0 Å². The average Bonchev–Trinajstić information content (AvgIpc) is 2.64. The van der Waals surface area contributed by atoms with Gasteiger partial charge in [0.2, 0.25) is 0 Å². The molecule has 3 rings (SSSR count). The molecular formula is C20H23ClN2OS. The van der Waals surface area contributed by atoms with Crippen LogP contribution in [0.4, 0.5) is 5.69 Å². The standard InChI is InChI=1S/C20H23ClN2OS/c1-25-17-9-10-19(21)18(13-17)20(24)23-15-7-5-14(6-8-15)12-16-4-2-3-11-22-16/h5-10,13,16,22H,2-4,11-12H2,1H3,(H,23,24). The van der Waals surface area contributed by atoms with Crippen LogP contribution in [0.25, 0.3) is 0 Å². The minimum Gasteiger partial charge on any atom is -0.322 e. The Kier molecular flexibility index (Phi) is 6.40. The third-order valence-electron chi connectivity index (χ3n) is 4.52. The molecule has 0 aromatic heterocycles. The maximum atomic E-state index is 12.5. The molecule has 1 atom stereocenters. The van der Waals surface area contributed by atoms with E-state index in [0.29, 0.717) is 16.6 Å². The fourth-order valence-electron chi connectivity index (χ4n) is 3.11. The number of benzene rings is 2. The monoisotopic (exact) mass is 374 g/mol. The van der Waals surface area contributed by atoms with E-state index in [2.05, 4.69) is 22.8 Å². The first-order chi connectivity index (χ1) is 12.2. The lowest BCUT2D eigenvalue weighted by molar-refractivity contribution is 0.102. The summed E-state index contributed by atoms with van der Waals surface area (Å²) in [6, 6.07) is 14.2. The predicted octanol–water partition coefficient (Wildman–Crippen LogP) is 5.00. The first-order valence-corrected chi connectivity index (χ1v) is 10.2. The zero-order valence-corrected chi connectivity index (χ0v) is 15.9. The molecule has 1 aliphatic heterocycles. The summed E-state index contributed by atoms with van der Waals surface area (Å²) in [4.78, 5) is 13.5. The largest absolute Gasteiger partial charge is 0.322 e. The number of piperidine rings is 1. The third-order valence-corrected chi connectivity index (χ3v) is 5.58. The molecule has 25 heavy (non-hydrogen) atoms. The van der Waals surface area contributed by atoms with Gasteiger partial charge in [0.1, 0.15) is 0 Å².